The van der Waals surface area contributed by atoms with Crippen LogP contribution in [0.4, 0.5) is 5.69 Å². The maximum absolute atomic E-state index is 11.1. The lowest BCUT2D eigenvalue weighted by Crippen LogP contribution is -2.05. The van der Waals surface area contributed by atoms with Crippen LogP contribution < -0.4 is 4.74 Å². The number of nitrogens with zero attached hydrogens (tertiary/aromatic N) is 3. The van der Waals surface area contributed by atoms with Crippen LogP contribution in [0, 0.1) is 10.1 Å². The van der Waals surface area contributed by atoms with Gasteiger partial charge in [-0.25, -0.2) is 14.8 Å². The van der Waals surface area contributed by atoms with E-state index in [1.165, 1.54) is 24.5 Å². The second kappa shape index (κ2) is 5.95. The number of aromatic carboxylic acids is 1. The minimum absolute atomic E-state index is 0.0831. The molecule has 1 aromatic heterocycles. The standard InChI is InChI=1S/C13H11N3O5/c1-2-8-3-4-10(9(7-8)16(19)20)21-12-11(13(17)18)14-5-6-15-12/h3-7H,2H2,1H3,(H,17,18). The zero-order valence-corrected chi connectivity index (χ0v) is 11.0. The van der Waals surface area contributed by atoms with Crippen LogP contribution >= 0.6 is 0 Å². The Morgan fingerprint density at radius 3 is 2.71 bits per heavy atom. The molecule has 2 aromatic rings. The Labute approximate surface area is 119 Å². The topological polar surface area (TPSA) is 115 Å². The summed E-state index contributed by atoms with van der Waals surface area (Å²) in [6.07, 6.45) is 3.07. The molecule has 0 unspecified atom stereocenters. The Kier molecular flexibility index (Phi) is 4.07. The number of benzene rings is 1. The van der Waals surface area contributed by atoms with Crippen LogP contribution in [0.3, 0.4) is 0 Å². The molecule has 1 heterocycles. The Morgan fingerprint density at radius 1 is 1.38 bits per heavy atom. The number of hydrogen-bond donors (Lipinski definition) is 1. The summed E-state index contributed by atoms with van der Waals surface area (Å²) in [5.74, 6) is -1.71. The molecule has 0 spiro atoms. The van der Waals surface area contributed by atoms with Crippen LogP contribution in [-0.4, -0.2) is 26.0 Å². The molecule has 0 aliphatic rings. The molecule has 0 radical (unpaired) electrons. The highest BCUT2D eigenvalue weighted by molar-refractivity contribution is 5.87. The van der Waals surface area contributed by atoms with E-state index in [9.17, 15) is 14.9 Å². The number of hydrogen-bond acceptors (Lipinski definition) is 6. The van der Waals surface area contributed by atoms with Gasteiger partial charge in [0.2, 0.25) is 11.4 Å². The molecule has 0 aliphatic heterocycles. The molecule has 2 rings (SSSR count). The summed E-state index contributed by atoms with van der Waals surface area (Å²) < 4.78 is 5.27. The smallest absolute Gasteiger partial charge is 0.360 e. The average molecular weight is 289 g/mol. The number of aromatic nitrogens is 2. The van der Waals surface area contributed by atoms with Gasteiger partial charge in [-0.1, -0.05) is 13.0 Å². The van der Waals surface area contributed by atoms with Gasteiger partial charge >= 0.3 is 11.7 Å². The minimum Gasteiger partial charge on any atom is -0.476 e. The summed E-state index contributed by atoms with van der Waals surface area (Å²) in [5, 5.41) is 20.1. The number of nitro groups is 1. The molecule has 0 amide bonds. The molecule has 0 atom stereocenters. The van der Waals surface area contributed by atoms with Crippen molar-refractivity contribution >= 4 is 11.7 Å². The lowest BCUT2D eigenvalue weighted by atomic mass is 10.1. The van der Waals surface area contributed by atoms with Crippen molar-refractivity contribution in [2.24, 2.45) is 0 Å². The first-order chi connectivity index (χ1) is 10.0. The summed E-state index contributed by atoms with van der Waals surface area (Å²) in [4.78, 5) is 28.9. The quantitative estimate of drug-likeness (QED) is 0.663. The molecule has 1 N–H and O–H groups in total. The van der Waals surface area contributed by atoms with Gasteiger partial charge in [-0.3, -0.25) is 10.1 Å². The predicted molar refractivity (Wildman–Crippen MR) is 71.5 cm³/mol. The van der Waals surface area contributed by atoms with E-state index >= 15 is 0 Å². The van der Waals surface area contributed by atoms with Gasteiger partial charge in [0.15, 0.2) is 0 Å². The molecule has 8 nitrogen and oxygen atoms in total. The van der Waals surface area contributed by atoms with E-state index in [0.717, 1.165) is 5.56 Å². The molecular weight excluding hydrogens is 278 g/mol. The molecule has 0 bridgehead atoms. The Morgan fingerprint density at radius 2 is 2.10 bits per heavy atom. The van der Waals surface area contributed by atoms with Crippen LogP contribution in [0.25, 0.3) is 0 Å². The van der Waals surface area contributed by atoms with E-state index in [-0.39, 0.29) is 17.3 Å². The summed E-state index contributed by atoms with van der Waals surface area (Å²) in [6, 6.07) is 4.46. The fourth-order valence-electron chi connectivity index (χ4n) is 1.66. The minimum atomic E-state index is -1.33. The third-order valence-electron chi connectivity index (χ3n) is 2.70. The fourth-order valence-corrected chi connectivity index (χ4v) is 1.66. The van der Waals surface area contributed by atoms with Crippen LogP contribution in [0.5, 0.6) is 11.6 Å². The zero-order chi connectivity index (χ0) is 15.4. The number of rotatable bonds is 5. The lowest BCUT2D eigenvalue weighted by molar-refractivity contribution is -0.385. The van der Waals surface area contributed by atoms with Gasteiger partial charge < -0.3 is 9.84 Å². The van der Waals surface area contributed by atoms with Gasteiger partial charge in [-0.2, -0.15) is 0 Å². The third-order valence-corrected chi connectivity index (χ3v) is 2.70. The van der Waals surface area contributed by atoms with Crippen molar-refractivity contribution < 1.29 is 19.6 Å². The second-order valence-corrected chi connectivity index (χ2v) is 4.03. The second-order valence-electron chi connectivity index (χ2n) is 4.03. The number of ether oxygens (including phenoxy) is 1. The fraction of sp³-hybridized carbons (Fsp3) is 0.154. The summed E-state index contributed by atoms with van der Waals surface area (Å²) >= 11 is 0. The monoisotopic (exact) mass is 289 g/mol. The maximum Gasteiger partial charge on any atom is 0.360 e. The molecule has 1 aromatic carbocycles. The largest absolute Gasteiger partial charge is 0.476 e. The van der Waals surface area contributed by atoms with Gasteiger partial charge in [-0.15, -0.1) is 0 Å². The first-order valence-corrected chi connectivity index (χ1v) is 6.02. The van der Waals surface area contributed by atoms with E-state index < -0.39 is 16.6 Å². The summed E-state index contributed by atoms with van der Waals surface area (Å²) in [6.45, 7) is 1.87. The Bertz CT molecular complexity index is 702. The number of aryl methyl sites for hydroxylation is 1. The van der Waals surface area contributed by atoms with Crippen LogP contribution in [-0.2, 0) is 6.42 Å². The van der Waals surface area contributed by atoms with Crippen molar-refractivity contribution in [1.29, 1.82) is 0 Å². The van der Waals surface area contributed by atoms with Gasteiger partial charge in [0.1, 0.15) is 0 Å². The lowest BCUT2D eigenvalue weighted by Gasteiger charge is -2.07. The highest BCUT2D eigenvalue weighted by atomic mass is 16.6. The number of carboxylic acid groups (broad SMARTS) is 1. The highest BCUT2D eigenvalue weighted by Gasteiger charge is 2.21. The number of nitro benzene ring substituents is 1. The predicted octanol–water partition coefficient (Wildman–Crippen LogP) is 2.44. The maximum atomic E-state index is 11.1. The van der Waals surface area contributed by atoms with Gasteiger partial charge in [0.25, 0.3) is 5.88 Å². The summed E-state index contributed by atoms with van der Waals surface area (Å²) in [5.41, 5.74) is 0.106. The third kappa shape index (κ3) is 3.11. The van der Waals surface area contributed by atoms with Crippen LogP contribution in [0.15, 0.2) is 30.6 Å². The molecule has 108 valence electrons. The molecule has 0 saturated carbocycles. The number of carbonyl (C=O) groups is 1. The molecule has 0 fully saturated rings. The first kappa shape index (κ1) is 14.4. The van der Waals surface area contributed by atoms with Crippen molar-refractivity contribution in [2.75, 3.05) is 0 Å². The van der Waals surface area contributed by atoms with Gasteiger partial charge in [0, 0.05) is 18.5 Å². The van der Waals surface area contributed by atoms with Gasteiger partial charge in [-0.05, 0) is 18.1 Å². The summed E-state index contributed by atoms with van der Waals surface area (Å²) in [7, 11) is 0. The van der Waals surface area contributed by atoms with E-state index in [2.05, 4.69) is 9.97 Å². The van der Waals surface area contributed by atoms with Crippen molar-refractivity contribution in [1.82, 2.24) is 9.97 Å². The van der Waals surface area contributed by atoms with Crippen molar-refractivity contribution in [3.8, 4) is 11.6 Å². The van der Waals surface area contributed by atoms with Crippen LogP contribution in [0.1, 0.15) is 23.0 Å². The molecule has 0 saturated heterocycles. The SMILES string of the molecule is CCc1ccc(Oc2nccnc2C(=O)O)c([N+](=O)[O-])c1. The van der Waals surface area contributed by atoms with Crippen LogP contribution in [0.2, 0.25) is 0 Å². The first-order valence-electron chi connectivity index (χ1n) is 6.02. The Hall–Kier alpha value is -3.03. The van der Waals surface area contributed by atoms with E-state index in [1.54, 1.807) is 6.07 Å². The van der Waals surface area contributed by atoms with Crippen molar-refractivity contribution in [3.05, 3.63) is 52.0 Å². The van der Waals surface area contributed by atoms with E-state index in [0.29, 0.717) is 6.42 Å². The molecule has 21 heavy (non-hydrogen) atoms. The van der Waals surface area contributed by atoms with E-state index in [1.807, 2.05) is 6.92 Å². The molecule has 8 heteroatoms. The van der Waals surface area contributed by atoms with Crippen molar-refractivity contribution in [2.45, 2.75) is 13.3 Å². The van der Waals surface area contributed by atoms with Crippen molar-refractivity contribution in [3.63, 3.8) is 0 Å². The zero-order valence-electron chi connectivity index (χ0n) is 11.0. The van der Waals surface area contributed by atoms with E-state index in [4.69, 9.17) is 9.84 Å². The number of carboxylic acids is 1. The van der Waals surface area contributed by atoms with Gasteiger partial charge in [0.05, 0.1) is 4.92 Å². The molecule has 0 aliphatic carbocycles. The normalized spacial score (nSPS) is 10.1. The molecular formula is C13H11N3O5. The average Bonchev–Trinajstić information content (AvgIpc) is 2.47. The highest BCUT2D eigenvalue weighted by Crippen LogP contribution is 2.32. The Balaban J connectivity index is 2.45.